The molecule has 29 heavy (non-hydrogen) atoms. The molecule has 1 unspecified atom stereocenters. The molecule has 1 saturated heterocycles. The van der Waals surface area contributed by atoms with Crippen molar-refractivity contribution in [3.63, 3.8) is 0 Å². The number of rotatable bonds is 5. The van der Waals surface area contributed by atoms with Gasteiger partial charge in [-0.15, -0.1) is 11.3 Å². The van der Waals surface area contributed by atoms with Gasteiger partial charge in [0.2, 0.25) is 5.95 Å². The molecule has 1 aliphatic heterocycles. The Morgan fingerprint density at radius 3 is 2.97 bits per heavy atom. The summed E-state index contributed by atoms with van der Waals surface area (Å²) in [6.07, 6.45) is 3.16. The second kappa shape index (κ2) is 7.24. The van der Waals surface area contributed by atoms with Crippen molar-refractivity contribution in [3.8, 4) is 11.3 Å². The number of aromatic nitrogens is 3. The van der Waals surface area contributed by atoms with Crippen molar-refractivity contribution in [2.45, 2.75) is 6.42 Å². The van der Waals surface area contributed by atoms with Crippen LogP contribution in [0, 0.1) is 5.92 Å². The van der Waals surface area contributed by atoms with Crippen molar-refractivity contribution < 1.29 is 4.57 Å². The van der Waals surface area contributed by atoms with E-state index in [4.69, 9.17) is 9.97 Å². The van der Waals surface area contributed by atoms with Gasteiger partial charge in [-0.25, -0.2) is 9.97 Å². The van der Waals surface area contributed by atoms with Crippen LogP contribution in [0.15, 0.2) is 35.8 Å². The fraction of sp³-hybridized carbons (Fsp3) is 0.333. The second-order valence-electron chi connectivity index (χ2n) is 8.02. The van der Waals surface area contributed by atoms with Gasteiger partial charge in [0.05, 0.1) is 21.4 Å². The highest BCUT2D eigenvalue weighted by Gasteiger charge is 2.20. The van der Waals surface area contributed by atoms with Crippen molar-refractivity contribution >= 4 is 50.9 Å². The molecule has 4 heterocycles. The Morgan fingerprint density at radius 2 is 2.17 bits per heavy atom. The lowest BCUT2D eigenvalue weighted by molar-refractivity contribution is 0.588. The molecule has 0 amide bonds. The number of hydrogen-bond acceptors (Lipinski definition) is 6. The molecule has 0 saturated carbocycles. The summed E-state index contributed by atoms with van der Waals surface area (Å²) in [6, 6.07) is 8.04. The third kappa shape index (κ3) is 3.48. The van der Waals surface area contributed by atoms with Gasteiger partial charge < -0.3 is 20.2 Å². The Hall–Kier alpha value is -2.21. The summed E-state index contributed by atoms with van der Waals surface area (Å²) in [6.45, 7) is 6.61. The number of H-pyrrole nitrogens is 1. The normalized spacial score (nSPS) is 17.4. The lowest BCUT2D eigenvalue weighted by Crippen LogP contribution is -2.18. The lowest BCUT2D eigenvalue weighted by Gasteiger charge is -2.12. The van der Waals surface area contributed by atoms with Crippen LogP contribution in [0.3, 0.4) is 0 Å². The molecule has 0 radical (unpaired) electrons. The predicted molar refractivity (Wildman–Crippen MR) is 123 cm³/mol. The Kier molecular flexibility index (Phi) is 4.69. The molecule has 3 aromatic heterocycles. The maximum atomic E-state index is 12.8. The van der Waals surface area contributed by atoms with E-state index in [2.05, 4.69) is 27.1 Å². The van der Waals surface area contributed by atoms with Crippen molar-refractivity contribution in [2.24, 2.45) is 5.92 Å². The molecule has 150 valence electrons. The number of thiophene rings is 1. The minimum absolute atomic E-state index is 0.610. The molecular weight excluding hydrogens is 401 g/mol. The van der Waals surface area contributed by atoms with Crippen LogP contribution in [0.5, 0.6) is 0 Å². The van der Waals surface area contributed by atoms with Gasteiger partial charge in [-0.2, -0.15) is 0 Å². The molecule has 0 bridgehead atoms. The zero-order valence-electron chi connectivity index (χ0n) is 16.5. The van der Waals surface area contributed by atoms with Gasteiger partial charge in [0, 0.05) is 29.0 Å². The van der Waals surface area contributed by atoms with E-state index in [0.29, 0.717) is 11.9 Å². The molecule has 6 nitrogen and oxygen atoms in total. The molecule has 1 fully saturated rings. The highest BCUT2D eigenvalue weighted by molar-refractivity contribution is 7.70. The van der Waals surface area contributed by atoms with E-state index in [9.17, 15) is 4.57 Å². The van der Waals surface area contributed by atoms with Crippen LogP contribution in [0.2, 0.25) is 0 Å². The van der Waals surface area contributed by atoms with Crippen molar-refractivity contribution in [1.82, 2.24) is 20.3 Å². The van der Waals surface area contributed by atoms with E-state index in [1.54, 1.807) is 11.3 Å². The molecule has 0 aliphatic carbocycles. The summed E-state index contributed by atoms with van der Waals surface area (Å²) in [5.41, 5.74) is 3.83. The zero-order chi connectivity index (χ0) is 20.0. The monoisotopic (exact) mass is 425 g/mol. The van der Waals surface area contributed by atoms with Crippen LogP contribution < -0.4 is 15.9 Å². The summed E-state index contributed by atoms with van der Waals surface area (Å²) in [5.74, 6) is 1.28. The fourth-order valence-corrected chi connectivity index (χ4v) is 6.04. The SMILES string of the molecule is CP(C)(=O)c1cccc2c(-c3nc(NCC4CCNC4)nc4ccsc34)c[nH]c12. The topological polar surface area (TPSA) is 82.7 Å². The fourth-order valence-electron chi connectivity index (χ4n) is 4.03. The number of benzene rings is 1. The Labute approximate surface area is 173 Å². The van der Waals surface area contributed by atoms with E-state index in [1.165, 1.54) is 6.42 Å². The minimum atomic E-state index is -2.39. The van der Waals surface area contributed by atoms with E-state index >= 15 is 0 Å². The molecule has 1 atom stereocenters. The molecular formula is C21H24N5OPS. The maximum absolute atomic E-state index is 12.8. The largest absolute Gasteiger partial charge is 0.360 e. The first kappa shape index (κ1) is 18.8. The van der Waals surface area contributed by atoms with Crippen LogP contribution >= 0.6 is 18.5 Å². The van der Waals surface area contributed by atoms with E-state index in [1.807, 2.05) is 37.7 Å². The summed E-state index contributed by atoms with van der Waals surface area (Å²) >= 11 is 1.65. The summed E-state index contributed by atoms with van der Waals surface area (Å²) < 4.78 is 13.8. The Balaban J connectivity index is 1.61. The summed E-state index contributed by atoms with van der Waals surface area (Å²) in [4.78, 5) is 13.0. The van der Waals surface area contributed by atoms with Gasteiger partial charge in [0.25, 0.3) is 0 Å². The highest BCUT2D eigenvalue weighted by Crippen LogP contribution is 2.40. The third-order valence-corrected chi connectivity index (χ3v) is 7.99. The van der Waals surface area contributed by atoms with Gasteiger partial charge in [-0.05, 0) is 56.3 Å². The van der Waals surface area contributed by atoms with Gasteiger partial charge in [0.15, 0.2) is 0 Å². The summed E-state index contributed by atoms with van der Waals surface area (Å²) in [5, 5.41) is 10.8. The molecule has 3 N–H and O–H groups in total. The van der Waals surface area contributed by atoms with Crippen molar-refractivity contribution in [1.29, 1.82) is 0 Å². The zero-order valence-corrected chi connectivity index (χ0v) is 18.2. The van der Waals surface area contributed by atoms with E-state index < -0.39 is 7.14 Å². The standard InChI is InChI=1S/C21H24N5OPS/c1-28(2,27)17-5-3-4-14-15(12-23-18(14)17)19-20-16(7-9-29-20)25-21(26-19)24-11-13-6-8-22-10-13/h3-5,7,9,12-13,22-23H,6,8,10-11H2,1-2H3,(H,24,25,26). The molecule has 1 aliphatic rings. The van der Waals surface area contributed by atoms with Gasteiger partial charge in [-0.3, -0.25) is 0 Å². The number of para-hydroxylation sites is 1. The van der Waals surface area contributed by atoms with Crippen LogP contribution in [-0.2, 0) is 4.57 Å². The first-order valence-corrected chi connectivity index (χ1v) is 13.3. The van der Waals surface area contributed by atoms with Crippen LogP contribution in [0.25, 0.3) is 32.4 Å². The smallest absolute Gasteiger partial charge is 0.223 e. The average molecular weight is 425 g/mol. The van der Waals surface area contributed by atoms with Crippen LogP contribution in [-0.4, -0.2) is 47.9 Å². The first-order valence-electron chi connectivity index (χ1n) is 9.86. The van der Waals surface area contributed by atoms with Gasteiger partial charge in [0.1, 0.15) is 7.14 Å². The number of fused-ring (bicyclic) bond motifs is 2. The third-order valence-electron chi connectivity index (χ3n) is 5.54. The number of anilines is 1. The summed E-state index contributed by atoms with van der Waals surface area (Å²) in [7, 11) is -2.39. The Bertz CT molecular complexity index is 1230. The predicted octanol–water partition coefficient (Wildman–Crippen LogP) is 4.11. The first-order chi connectivity index (χ1) is 14.0. The molecule has 4 aromatic rings. The second-order valence-corrected chi connectivity index (χ2v) is 12.1. The maximum Gasteiger partial charge on any atom is 0.223 e. The molecule has 0 spiro atoms. The van der Waals surface area contributed by atoms with Gasteiger partial charge in [-0.1, -0.05) is 12.1 Å². The highest BCUT2D eigenvalue weighted by atomic mass is 32.1. The number of nitrogens with one attached hydrogen (secondary N) is 3. The van der Waals surface area contributed by atoms with Gasteiger partial charge >= 0.3 is 0 Å². The molecule has 8 heteroatoms. The Morgan fingerprint density at radius 1 is 1.28 bits per heavy atom. The van der Waals surface area contributed by atoms with Crippen LogP contribution in [0.1, 0.15) is 6.42 Å². The van der Waals surface area contributed by atoms with Crippen LogP contribution in [0.4, 0.5) is 5.95 Å². The molecule has 5 rings (SSSR count). The van der Waals surface area contributed by atoms with Crippen molar-refractivity contribution in [3.05, 3.63) is 35.8 Å². The molecule has 1 aromatic carbocycles. The lowest BCUT2D eigenvalue weighted by atomic mass is 10.1. The quantitative estimate of drug-likeness (QED) is 0.419. The number of nitrogens with zero attached hydrogens (tertiary/aromatic N) is 2. The number of hydrogen-bond donors (Lipinski definition) is 3. The number of aromatic amines is 1. The van der Waals surface area contributed by atoms with Crippen molar-refractivity contribution in [2.75, 3.05) is 38.3 Å². The van der Waals surface area contributed by atoms with E-state index in [-0.39, 0.29) is 0 Å². The average Bonchev–Trinajstić information content (AvgIpc) is 3.44. The van der Waals surface area contributed by atoms with E-state index in [0.717, 1.165) is 57.3 Å². The minimum Gasteiger partial charge on any atom is -0.360 e.